The molecule has 1 saturated heterocycles. The molecule has 26 heavy (non-hydrogen) atoms. The summed E-state index contributed by atoms with van der Waals surface area (Å²) < 4.78 is 10.3. The number of rotatable bonds is 4. The molecule has 0 aromatic heterocycles. The number of hydrogen-bond donors (Lipinski definition) is 0. The lowest BCUT2D eigenvalue weighted by atomic mass is 10.2. The highest BCUT2D eigenvalue weighted by Gasteiger charge is 2.33. The number of carbonyl (C=O) groups is 2. The predicted octanol–water partition coefficient (Wildman–Crippen LogP) is 3.89. The van der Waals surface area contributed by atoms with E-state index in [1.165, 1.54) is 23.8 Å². The van der Waals surface area contributed by atoms with E-state index in [-0.39, 0.29) is 5.91 Å². The fourth-order valence-electron chi connectivity index (χ4n) is 2.44. The van der Waals surface area contributed by atoms with Gasteiger partial charge in [-0.3, -0.25) is 9.69 Å². The molecule has 0 bridgehead atoms. The molecule has 7 heteroatoms. The zero-order valence-corrected chi connectivity index (χ0v) is 15.7. The molecule has 1 amide bonds. The second kappa shape index (κ2) is 7.72. The number of anilines is 1. The van der Waals surface area contributed by atoms with Crippen molar-refractivity contribution in [1.29, 1.82) is 0 Å². The van der Waals surface area contributed by atoms with E-state index in [4.69, 9.17) is 17.0 Å². The lowest BCUT2D eigenvalue weighted by Gasteiger charge is -2.14. The van der Waals surface area contributed by atoms with Crippen LogP contribution in [0.4, 0.5) is 5.69 Å². The van der Waals surface area contributed by atoms with Crippen molar-refractivity contribution in [3.8, 4) is 5.75 Å². The van der Waals surface area contributed by atoms with Crippen molar-refractivity contribution in [2.45, 2.75) is 0 Å². The van der Waals surface area contributed by atoms with Crippen molar-refractivity contribution in [3.05, 3.63) is 64.6 Å². The molecule has 132 valence electrons. The summed E-state index contributed by atoms with van der Waals surface area (Å²) in [5.41, 5.74) is 1.87. The molecule has 1 aliphatic rings. The highest BCUT2D eigenvalue weighted by molar-refractivity contribution is 8.27. The van der Waals surface area contributed by atoms with E-state index < -0.39 is 5.97 Å². The van der Waals surface area contributed by atoms with Crippen LogP contribution in [0.2, 0.25) is 0 Å². The molecule has 5 nitrogen and oxygen atoms in total. The van der Waals surface area contributed by atoms with Crippen LogP contribution < -0.4 is 9.64 Å². The van der Waals surface area contributed by atoms with Crippen LogP contribution >= 0.6 is 24.0 Å². The lowest BCUT2D eigenvalue weighted by Crippen LogP contribution is -2.27. The van der Waals surface area contributed by atoms with E-state index in [0.29, 0.717) is 26.2 Å². The molecule has 0 atom stereocenters. The van der Waals surface area contributed by atoms with Gasteiger partial charge < -0.3 is 9.47 Å². The highest BCUT2D eigenvalue weighted by atomic mass is 32.2. The van der Waals surface area contributed by atoms with Gasteiger partial charge in [0.15, 0.2) is 4.32 Å². The number of carbonyl (C=O) groups excluding carboxylic acids is 2. The van der Waals surface area contributed by atoms with E-state index in [1.54, 1.807) is 37.5 Å². The van der Waals surface area contributed by atoms with Crippen molar-refractivity contribution in [1.82, 2.24) is 0 Å². The number of thiocarbonyl (C=S) groups is 1. The normalized spacial score (nSPS) is 15.5. The Kier molecular flexibility index (Phi) is 5.39. The zero-order chi connectivity index (χ0) is 18.7. The van der Waals surface area contributed by atoms with Gasteiger partial charge in [0.1, 0.15) is 5.75 Å². The molecule has 0 N–H and O–H groups in total. The topological polar surface area (TPSA) is 55.8 Å². The first-order valence-corrected chi connectivity index (χ1v) is 8.86. The number of thioether (sulfide) groups is 1. The lowest BCUT2D eigenvalue weighted by molar-refractivity contribution is -0.113. The Labute approximate surface area is 160 Å². The Bertz CT molecular complexity index is 906. The summed E-state index contributed by atoms with van der Waals surface area (Å²) in [5, 5.41) is 0. The first-order chi connectivity index (χ1) is 12.5. The molecule has 0 saturated carbocycles. The molecule has 1 heterocycles. The maximum absolute atomic E-state index is 12.8. The standard InChI is InChI=1S/C19H15NO4S2/c1-23-15-5-3-4-12(10-15)11-16-17(21)20(19(25)26-16)14-8-6-13(7-9-14)18(22)24-2/h3-11H,1-2H3/b16-11-. The molecule has 2 aromatic rings. The molecule has 1 aliphatic heterocycles. The SMILES string of the molecule is COC(=O)c1ccc(N2C(=O)/C(=C/c3cccc(OC)c3)SC2=S)cc1. The predicted molar refractivity (Wildman–Crippen MR) is 106 cm³/mol. The van der Waals surface area contributed by atoms with Gasteiger partial charge in [-0.25, -0.2) is 4.79 Å². The minimum atomic E-state index is -0.431. The summed E-state index contributed by atoms with van der Waals surface area (Å²) in [6.07, 6.45) is 1.78. The van der Waals surface area contributed by atoms with E-state index in [0.717, 1.165) is 5.56 Å². The Morgan fingerprint density at radius 1 is 1.15 bits per heavy atom. The third kappa shape index (κ3) is 3.63. The second-order valence-corrected chi connectivity index (χ2v) is 7.01. The Balaban J connectivity index is 1.87. The molecule has 3 rings (SSSR count). The fourth-order valence-corrected chi connectivity index (χ4v) is 3.74. The molecule has 1 fully saturated rings. The van der Waals surface area contributed by atoms with Crippen LogP contribution in [0.3, 0.4) is 0 Å². The van der Waals surface area contributed by atoms with E-state index in [2.05, 4.69) is 4.74 Å². The van der Waals surface area contributed by atoms with Gasteiger partial charge in [0.25, 0.3) is 5.91 Å². The smallest absolute Gasteiger partial charge is 0.337 e. The third-order valence-corrected chi connectivity index (χ3v) is 5.03. The molecule has 0 radical (unpaired) electrons. The number of benzene rings is 2. The Morgan fingerprint density at radius 2 is 1.88 bits per heavy atom. The molecule has 0 spiro atoms. The minimum absolute atomic E-state index is 0.200. The molecule has 2 aromatic carbocycles. The van der Waals surface area contributed by atoms with Crippen LogP contribution in [-0.2, 0) is 9.53 Å². The van der Waals surface area contributed by atoms with Crippen LogP contribution in [-0.4, -0.2) is 30.4 Å². The van der Waals surface area contributed by atoms with Gasteiger partial charge >= 0.3 is 5.97 Å². The molecule has 0 unspecified atom stereocenters. The molecular formula is C19H15NO4S2. The summed E-state index contributed by atoms with van der Waals surface area (Å²) in [5.74, 6) is 0.0844. The van der Waals surface area contributed by atoms with Gasteiger partial charge in [0, 0.05) is 0 Å². The van der Waals surface area contributed by atoms with Crippen LogP contribution in [0.5, 0.6) is 5.75 Å². The number of amides is 1. The van der Waals surface area contributed by atoms with Crippen LogP contribution in [0.15, 0.2) is 53.4 Å². The average molecular weight is 385 g/mol. The first-order valence-electron chi connectivity index (χ1n) is 7.64. The van der Waals surface area contributed by atoms with E-state index in [1.807, 2.05) is 24.3 Å². The quantitative estimate of drug-likeness (QED) is 0.452. The van der Waals surface area contributed by atoms with Crippen molar-refractivity contribution >= 4 is 51.9 Å². The largest absolute Gasteiger partial charge is 0.497 e. The number of ether oxygens (including phenoxy) is 2. The summed E-state index contributed by atoms with van der Waals surface area (Å²) in [6, 6.07) is 14.0. The summed E-state index contributed by atoms with van der Waals surface area (Å²) in [4.78, 5) is 26.3. The van der Waals surface area contributed by atoms with Crippen LogP contribution in [0.1, 0.15) is 15.9 Å². The van der Waals surface area contributed by atoms with Crippen LogP contribution in [0, 0.1) is 0 Å². The summed E-state index contributed by atoms with van der Waals surface area (Å²) in [6.45, 7) is 0. The van der Waals surface area contributed by atoms with Gasteiger partial charge in [-0.1, -0.05) is 36.1 Å². The third-order valence-electron chi connectivity index (χ3n) is 3.73. The summed E-state index contributed by atoms with van der Waals surface area (Å²) in [7, 11) is 2.91. The number of methoxy groups -OCH3 is 2. The summed E-state index contributed by atoms with van der Waals surface area (Å²) >= 11 is 6.60. The highest BCUT2D eigenvalue weighted by Crippen LogP contribution is 2.36. The van der Waals surface area contributed by atoms with E-state index in [9.17, 15) is 9.59 Å². The maximum Gasteiger partial charge on any atom is 0.337 e. The molecule has 0 aliphatic carbocycles. The van der Waals surface area contributed by atoms with Crippen molar-refractivity contribution in [3.63, 3.8) is 0 Å². The fraction of sp³-hybridized carbons (Fsp3) is 0.105. The zero-order valence-electron chi connectivity index (χ0n) is 14.1. The van der Waals surface area contributed by atoms with Gasteiger partial charge in [-0.2, -0.15) is 0 Å². The average Bonchev–Trinajstić information content (AvgIpc) is 2.94. The van der Waals surface area contributed by atoms with Gasteiger partial charge in [0.05, 0.1) is 30.4 Å². The van der Waals surface area contributed by atoms with Crippen LogP contribution in [0.25, 0.3) is 6.08 Å². The van der Waals surface area contributed by atoms with Gasteiger partial charge in [-0.15, -0.1) is 0 Å². The Morgan fingerprint density at radius 3 is 2.54 bits per heavy atom. The first kappa shape index (κ1) is 18.2. The van der Waals surface area contributed by atoms with Crippen molar-refractivity contribution < 1.29 is 19.1 Å². The minimum Gasteiger partial charge on any atom is -0.497 e. The number of nitrogens with zero attached hydrogens (tertiary/aromatic N) is 1. The van der Waals surface area contributed by atoms with Crippen molar-refractivity contribution in [2.24, 2.45) is 0 Å². The number of esters is 1. The van der Waals surface area contributed by atoms with Gasteiger partial charge in [-0.05, 0) is 48.0 Å². The second-order valence-electron chi connectivity index (χ2n) is 5.33. The molecular weight excluding hydrogens is 370 g/mol. The number of hydrogen-bond acceptors (Lipinski definition) is 6. The van der Waals surface area contributed by atoms with Crippen molar-refractivity contribution in [2.75, 3.05) is 19.1 Å². The Hall–Kier alpha value is -2.64. The van der Waals surface area contributed by atoms with Gasteiger partial charge in [0.2, 0.25) is 0 Å². The maximum atomic E-state index is 12.8. The van der Waals surface area contributed by atoms with E-state index >= 15 is 0 Å². The monoisotopic (exact) mass is 385 g/mol.